The van der Waals surface area contributed by atoms with Gasteiger partial charge in [0.25, 0.3) is 0 Å². The molecule has 8 nitrogen and oxygen atoms in total. The van der Waals surface area contributed by atoms with Gasteiger partial charge in [0.1, 0.15) is 11.6 Å². The van der Waals surface area contributed by atoms with Crippen molar-refractivity contribution in [3.05, 3.63) is 0 Å². The highest BCUT2D eigenvalue weighted by molar-refractivity contribution is 5.98. The zero-order chi connectivity index (χ0) is 23.0. The van der Waals surface area contributed by atoms with Crippen LogP contribution in [-0.2, 0) is 23.9 Å². The molecule has 0 radical (unpaired) electrons. The average Bonchev–Trinajstić information content (AvgIpc) is 3.43. The van der Waals surface area contributed by atoms with E-state index in [-0.39, 0.29) is 37.0 Å². The number of fused-ring (bicyclic) bond motifs is 1. The van der Waals surface area contributed by atoms with E-state index in [9.17, 15) is 19.5 Å². The van der Waals surface area contributed by atoms with Gasteiger partial charge >= 0.3 is 5.97 Å². The molecule has 4 fully saturated rings. The zero-order valence-electron chi connectivity index (χ0n) is 19.5. The second kappa shape index (κ2) is 9.29. The summed E-state index contributed by atoms with van der Waals surface area (Å²) in [6.45, 7) is 5.74. The van der Waals surface area contributed by atoms with Crippen LogP contribution in [0.3, 0.4) is 0 Å². The lowest BCUT2D eigenvalue weighted by Gasteiger charge is -2.39. The molecule has 3 aliphatic heterocycles. The molecule has 3 saturated heterocycles. The molecule has 7 atom stereocenters. The number of carbonyl (C=O) groups excluding carboxylic acids is 3. The largest absolute Gasteiger partial charge is 0.466 e. The quantitative estimate of drug-likeness (QED) is 0.546. The summed E-state index contributed by atoms with van der Waals surface area (Å²) >= 11 is 0. The second-order valence-electron chi connectivity index (χ2n) is 10.0. The summed E-state index contributed by atoms with van der Waals surface area (Å²) < 4.78 is 11.7. The number of aliphatic hydroxyl groups excluding tert-OH is 1. The fraction of sp³-hybridized carbons (Fsp3) is 0.875. The van der Waals surface area contributed by atoms with Crippen LogP contribution in [0.15, 0.2) is 0 Å². The standard InChI is InChI=1S/C24H38N2O6/c1-4-14(3)16(13-27)26-20(21(28)25-15-9-7-6-8-10-15)24-12-11-17(32-24)18(19(24)22(26)29)23(30)31-5-2/h14-20,27H,4-13H2,1-3H3,(H,25,28)/t14-,16-,17+,18-,19-,20?,24?/m0/s1. The lowest BCUT2D eigenvalue weighted by Crippen LogP contribution is -2.60. The summed E-state index contributed by atoms with van der Waals surface area (Å²) in [7, 11) is 0. The van der Waals surface area contributed by atoms with Crippen molar-refractivity contribution in [2.45, 2.75) is 102 Å². The van der Waals surface area contributed by atoms with Crippen LogP contribution in [0.1, 0.15) is 72.1 Å². The summed E-state index contributed by atoms with van der Waals surface area (Å²) in [5.41, 5.74) is -1.03. The van der Waals surface area contributed by atoms with Gasteiger partial charge in [-0.1, -0.05) is 39.5 Å². The van der Waals surface area contributed by atoms with Gasteiger partial charge in [-0.25, -0.2) is 0 Å². The van der Waals surface area contributed by atoms with Gasteiger partial charge in [-0.15, -0.1) is 0 Å². The predicted molar refractivity (Wildman–Crippen MR) is 116 cm³/mol. The van der Waals surface area contributed by atoms with E-state index in [1.54, 1.807) is 11.8 Å². The summed E-state index contributed by atoms with van der Waals surface area (Å²) in [5.74, 6) is -2.31. The van der Waals surface area contributed by atoms with E-state index in [0.29, 0.717) is 12.8 Å². The van der Waals surface area contributed by atoms with Crippen molar-refractivity contribution in [2.24, 2.45) is 17.8 Å². The van der Waals surface area contributed by atoms with E-state index in [0.717, 1.165) is 32.1 Å². The molecule has 1 spiro atoms. The molecule has 0 aromatic rings. The number of nitrogens with zero attached hydrogens (tertiary/aromatic N) is 1. The van der Waals surface area contributed by atoms with E-state index in [2.05, 4.69) is 5.32 Å². The fourth-order valence-electron chi connectivity index (χ4n) is 6.60. The smallest absolute Gasteiger partial charge is 0.312 e. The van der Waals surface area contributed by atoms with Crippen molar-refractivity contribution >= 4 is 17.8 Å². The molecule has 8 heteroatoms. The van der Waals surface area contributed by atoms with Gasteiger partial charge in [0.2, 0.25) is 11.8 Å². The molecule has 180 valence electrons. The first-order chi connectivity index (χ1) is 15.4. The number of nitrogens with one attached hydrogen (secondary N) is 1. The molecule has 2 unspecified atom stereocenters. The van der Waals surface area contributed by atoms with Crippen LogP contribution in [0, 0.1) is 17.8 Å². The van der Waals surface area contributed by atoms with E-state index >= 15 is 0 Å². The molecule has 32 heavy (non-hydrogen) atoms. The SMILES string of the molecule is CCOC(=O)[C@@H]1[C@H]2C(=O)N([C@@H](CO)[C@@H](C)CC)C(C(=O)NC3CCCCC3)C23CC[C@H]1O3. The highest BCUT2D eigenvalue weighted by Crippen LogP contribution is 2.59. The minimum absolute atomic E-state index is 0.00222. The Bertz CT molecular complexity index is 738. The number of ether oxygens (including phenoxy) is 2. The Hall–Kier alpha value is -1.67. The van der Waals surface area contributed by atoms with Gasteiger partial charge in [0.05, 0.1) is 37.2 Å². The summed E-state index contributed by atoms with van der Waals surface area (Å²) in [4.78, 5) is 42.0. The van der Waals surface area contributed by atoms with E-state index in [1.807, 2.05) is 13.8 Å². The number of hydrogen-bond acceptors (Lipinski definition) is 6. The van der Waals surface area contributed by atoms with Crippen LogP contribution >= 0.6 is 0 Å². The monoisotopic (exact) mass is 450 g/mol. The van der Waals surface area contributed by atoms with E-state index in [4.69, 9.17) is 9.47 Å². The third-order valence-electron chi connectivity index (χ3n) is 8.34. The first-order valence-electron chi connectivity index (χ1n) is 12.5. The Labute approximate surface area is 190 Å². The number of amides is 2. The van der Waals surface area contributed by atoms with Crippen molar-refractivity contribution in [2.75, 3.05) is 13.2 Å². The average molecular weight is 451 g/mol. The fourth-order valence-corrected chi connectivity index (χ4v) is 6.60. The Morgan fingerprint density at radius 2 is 1.97 bits per heavy atom. The maximum absolute atomic E-state index is 13.9. The highest BCUT2D eigenvalue weighted by Gasteiger charge is 2.75. The van der Waals surface area contributed by atoms with Crippen molar-refractivity contribution in [1.29, 1.82) is 0 Å². The number of aliphatic hydroxyl groups is 1. The van der Waals surface area contributed by atoms with Crippen LogP contribution in [-0.4, -0.2) is 70.8 Å². The minimum atomic E-state index is -1.03. The van der Waals surface area contributed by atoms with Crippen molar-refractivity contribution in [3.63, 3.8) is 0 Å². The van der Waals surface area contributed by atoms with Gasteiger partial charge in [0.15, 0.2) is 0 Å². The molecular formula is C24H38N2O6. The summed E-state index contributed by atoms with van der Waals surface area (Å²) in [5, 5.41) is 13.5. The molecule has 4 aliphatic rings. The maximum Gasteiger partial charge on any atom is 0.312 e. The van der Waals surface area contributed by atoms with Crippen LogP contribution in [0.4, 0.5) is 0 Å². The van der Waals surface area contributed by atoms with Gasteiger partial charge in [0, 0.05) is 6.04 Å². The molecule has 0 aromatic heterocycles. The van der Waals surface area contributed by atoms with Crippen LogP contribution < -0.4 is 5.32 Å². The maximum atomic E-state index is 13.9. The molecule has 2 bridgehead atoms. The van der Waals surface area contributed by atoms with Crippen molar-refractivity contribution in [1.82, 2.24) is 10.2 Å². The summed E-state index contributed by atoms with van der Waals surface area (Å²) in [6.07, 6.45) is 6.77. The first kappa shape index (κ1) is 23.5. The lowest BCUT2D eigenvalue weighted by atomic mass is 9.70. The normalized spacial score (nSPS) is 36.1. The van der Waals surface area contributed by atoms with Gasteiger partial charge < -0.3 is 24.8 Å². The molecule has 4 rings (SSSR count). The molecule has 1 saturated carbocycles. The third-order valence-corrected chi connectivity index (χ3v) is 8.34. The summed E-state index contributed by atoms with van der Waals surface area (Å²) in [6, 6.07) is -1.24. The molecular weight excluding hydrogens is 412 g/mol. The number of esters is 1. The van der Waals surface area contributed by atoms with E-state index < -0.39 is 41.6 Å². The Morgan fingerprint density at radius 3 is 2.59 bits per heavy atom. The molecule has 0 aromatic carbocycles. The van der Waals surface area contributed by atoms with Gasteiger partial charge in [-0.2, -0.15) is 0 Å². The molecule has 2 amide bonds. The van der Waals surface area contributed by atoms with Gasteiger partial charge in [-0.3, -0.25) is 14.4 Å². The van der Waals surface area contributed by atoms with Crippen LogP contribution in [0.5, 0.6) is 0 Å². The predicted octanol–water partition coefficient (Wildman–Crippen LogP) is 1.78. The zero-order valence-corrected chi connectivity index (χ0v) is 19.5. The second-order valence-corrected chi connectivity index (χ2v) is 10.0. The lowest BCUT2D eigenvalue weighted by molar-refractivity contribution is -0.156. The van der Waals surface area contributed by atoms with Gasteiger partial charge in [-0.05, 0) is 38.5 Å². The topological polar surface area (TPSA) is 105 Å². The van der Waals surface area contributed by atoms with Crippen molar-refractivity contribution in [3.8, 4) is 0 Å². The van der Waals surface area contributed by atoms with Crippen LogP contribution in [0.25, 0.3) is 0 Å². The molecule has 3 heterocycles. The number of rotatable bonds is 8. The number of carbonyl (C=O) groups is 3. The third kappa shape index (κ3) is 3.63. The number of hydrogen-bond donors (Lipinski definition) is 2. The van der Waals surface area contributed by atoms with Crippen molar-refractivity contribution < 1.29 is 29.0 Å². The Kier molecular flexibility index (Phi) is 6.82. The minimum Gasteiger partial charge on any atom is -0.466 e. The van der Waals surface area contributed by atoms with Crippen LogP contribution in [0.2, 0.25) is 0 Å². The molecule has 1 aliphatic carbocycles. The number of likely N-dealkylation sites (tertiary alicyclic amines) is 1. The van der Waals surface area contributed by atoms with E-state index in [1.165, 1.54) is 6.42 Å². The first-order valence-corrected chi connectivity index (χ1v) is 12.5. The Morgan fingerprint density at radius 1 is 1.25 bits per heavy atom. The molecule has 2 N–H and O–H groups in total. The Balaban J connectivity index is 1.70. The highest BCUT2D eigenvalue weighted by atomic mass is 16.6.